The van der Waals surface area contributed by atoms with Gasteiger partial charge in [-0.05, 0) is 72.7 Å². The van der Waals surface area contributed by atoms with E-state index in [2.05, 4.69) is 6.58 Å². The van der Waals surface area contributed by atoms with Gasteiger partial charge in [0.05, 0.1) is 6.33 Å². The molecule has 0 fully saturated rings. The number of aryl methyl sites for hydroxylation is 1. The number of nitrogens with zero attached hydrogens (tertiary/aromatic N) is 1. The van der Waals surface area contributed by atoms with Crippen LogP contribution in [0.25, 0.3) is 0 Å². The summed E-state index contributed by atoms with van der Waals surface area (Å²) in [5.74, 6) is 0.768. The summed E-state index contributed by atoms with van der Waals surface area (Å²) in [5.41, 5.74) is 2.56. The predicted molar refractivity (Wildman–Crippen MR) is 134 cm³/mol. The second-order valence-corrected chi connectivity index (χ2v) is 9.34. The lowest BCUT2D eigenvalue weighted by Crippen LogP contribution is -2.47. The van der Waals surface area contributed by atoms with Gasteiger partial charge >= 0.3 is 0 Å². The molecule has 4 rings (SSSR count). The molecule has 36 heavy (non-hydrogen) atoms. The van der Waals surface area contributed by atoms with Crippen LogP contribution in [0.15, 0.2) is 84.9 Å². The smallest absolute Gasteiger partial charge is 0.126 e. The average molecular weight is 498 g/mol. The molecule has 2 aliphatic rings. The van der Waals surface area contributed by atoms with Gasteiger partial charge in [-0.15, -0.1) is 0 Å². The highest BCUT2D eigenvalue weighted by Crippen LogP contribution is 2.30. The number of fused-ring (bicyclic) bond motifs is 1. The van der Waals surface area contributed by atoms with Gasteiger partial charge in [0.15, 0.2) is 0 Å². The lowest BCUT2D eigenvalue weighted by Gasteiger charge is -2.35. The standard InChI is InChI=1S/C29H33F2NO4/c1-2-26-21(14-15-30)8-11-28(35-26)24(33)18-32(17-20-6-4-3-5-7-20)19-25(34)29-12-9-22-16-23(31)10-13-27(22)36-29/h2-7,10,13-16,24-25,28-29,33-34H,1,8-9,11-12,17-19H2. The van der Waals surface area contributed by atoms with Crippen LogP contribution in [0.4, 0.5) is 8.78 Å². The molecule has 5 nitrogen and oxygen atoms in total. The number of allylic oxidation sites excluding steroid dienone is 3. The monoisotopic (exact) mass is 497 g/mol. The van der Waals surface area contributed by atoms with Crippen molar-refractivity contribution < 1.29 is 28.5 Å². The number of aliphatic hydroxyl groups is 2. The molecule has 2 N–H and O–H groups in total. The fourth-order valence-electron chi connectivity index (χ4n) is 4.87. The minimum atomic E-state index is -0.831. The Kier molecular flexibility index (Phi) is 8.91. The first-order chi connectivity index (χ1) is 17.5. The van der Waals surface area contributed by atoms with Gasteiger partial charge < -0.3 is 19.7 Å². The van der Waals surface area contributed by atoms with Crippen molar-refractivity contribution in [1.29, 1.82) is 0 Å². The molecule has 0 aromatic heterocycles. The molecule has 2 aliphatic heterocycles. The fourth-order valence-corrected chi connectivity index (χ4v) is 4.87. The zero-order valence-electron chi connectivity index (χ0n) is 20.2. The number of rotatable bonds is 10. The van der Waals surface area contributed by atoms with Gasteiger partial charge in [-0.2, -0.15) is 0 Å². The van der Waals surface area contributed by atoms with Crippen LogP contribution in [0.1, 0.15) is 30.4 Å². The van der Waals surface area contributed by atoms with Crippen LogP contribution >= 0.6 is 0 Å². The summed E-state index contributed by atoms with van der Waals surface area (Å²) >= 11 is 0. The van der Waals surface area contributed by atoms with Crippen LogP contribution in [-0.4, -0.2) is 52.6 Å². The maximum Gasteiger partial charge on any atom is 0.126 e. The third-order valence-corrected chi connectivity index (χ3v) is 6.74. The fraction of sp³-hybridized carbons (Fsp3) is 0.379. The molecule has 4 atom stereocenters. The third-order valence-electron chi connectivity index (χ3n) is 6.74. The van der Waals surface area contributed by atoms with E-state index in [-0.39, 0.29) is 18.9 Å². The van der Waals surface area contributed by atoms with Crippen LogP contribution in [-0.2, 0) is 17.7 Å². The van der Waals surface area contributed by atoms with Crippen molar-refractivity contribution in [2.75, 3.05) is 13.1 Å². The van der Waals surface area contributed by atoms with Crippen LogP contribution in [0.2, 0.25) is 0 Å². The molecule has 0 bridgehead atoms. The van der Waals surface area contributed by atoms with Crippen molar-refractivity contribution in [2.45, 2.75) is 56.6 Å². The zero-order valence-corrected chi connectivity index (χ0v) is 20.2. The molecule has 4 unspecified atom stereocenters. The lowest BCUT2D eigenvalue weighted by molar-refractivity contribution is -0.0455. The van der Waals surface area contributed by atoms with E-state index >= 15 is 0 Å². The molecule has 2 aromatic carbocycles. The van der Waals surface area contributed by atoms with Crippen molar-refractivity contribution in [1.82, 2.24) is 4.90 Å². The Morgan fingerprint density at radius 1 is 1.00 bits per heavy atom. The van der Waals surface area contributed by atoms with Gasteiger partial charge in [-0.1, -0.05) is 36.9 Å². The van der Waals surface area contributed by atoms with Gasteiger partial charge in [-0.25, -0.2) is 8.78 Å². The number of benzene rings is 2. The Morgan fingerprint density at radius 3 is 2.39 bits per heavy atom. The third kappa shape index (κ3) is 6.60. The summed E-state index contributed by atoms with van der Waals surface area (Å²) < 4.78 is 38.2. The minimum Gasteiger partial charge on any atom is -0.487 e. The van der Waals surface area contributed by atoms with E-state index < -0.39 is 24.4 Å². The summed E-state index contributed by atoms with van der Waals surface area (Å²) in [6, 6.07) is 14.3. The predicted octanol–water partition coefficient (Wildman–Crippen LogP) is 4.85. The second-order valence-electron chi connectivity index (χ2n) is 9.34. The molecule has 0 saturated heterocycles. The molecular weight excluding hydrogens is 464 g/mol. The van der Waals surface area contributed by atoms with Crippen LogP contribution in [0, 0.1) is 5.82 Å². The molecule has 0 spiro atoms. The molecular formula is C29H33F2NO4. The maximum absolute atomic E-state index is 13.5. The highest BCUT2D eigenvalue weighted by atomic mass is 19.1. The molecule has 192 valence electrons. The number of hydrogen-bond acceptors (Lipinski definition) is 5. The van der Waals surface area contributed by atoms with E-state index in [1.807, 2.05) is 35.2 Å². The zero-order chi connectivity index (χ0) is 25.5. The van der Waals surface area contributed by atoms with Crippen LogP contribution in [0.3, 0.4) is 0 Å². The summed E-state index contributed by atoms with van der Waals surface area (Å²) in [6.45, 7) is 4.81. The Hall–Kier alpha value is -3.00. The topological polar surface area (TPSA) is 62.2 Å². The second kappa shape index (κ2) is 12.3. The van der Waals surface area contributed by atoms with Gasteiger partial charge in [0.2, 0.25) is 0 Å². The molecule has 0 aliphatic carbocycles. The van der Waals surface area contributed by atoms with Gasteiger partial charge in [0.25, 0.3) is 0 Å². The van der Waals surface area contributed by atoms with E-state index in [0.717, 1.165) is 11.1 Å². The minimum absolute atomic E-state index is 0.268. The normalized spacial score (nSPS) is 21.6. The van der Waals surface area contributed by atoms with Crippen molar-refractivity contribution >= 4 is 0 Å². The number of halogens is 2. The Morgan fingerprint density at radius 2 is 1.69 bits per heavy atom. The molecule has 0 saturated carbocycles. The van der Waals surface area contributed by atoms with Crippen LogP contribution in [0.5, 0.6) is 5.75 Å². The molecule has 2 aromatic rings. The Labute approximate surface area is 211 Å². The first kappa shape index (κ1) is 26.1. The molecule has 0 amide bonds. The Bertz CT molecular complexity index is 1090. The first-order valence-electron chi connectivity index (χ1n) is 12.3. The van der Waals surface area contributed by atoms with Crippen molar-refractivity contribution in [3.63, 3.8) is 0 Å². The summed E-state index contributed by atoms with van der Waals surface area (Å²) in [4.78, 5) is 1.99. The number of ether oxygens (including phenoxy) is 2. The van der Waals surface area contributed by atoms with E-state index in [4.69, 9.17) is 9.47 Å². The van der Waals surface area contributed by atoms with Crippen molar-refractivity contribution in [3.8, 4) is 5.75 Å². The highest BCUT2D eigenvalue weighted by molar-refractivity contribution is 5.36. The summed E-state index contributed by atoms with van der Waals surface area (Å²) in [7, 11) is 0. The van der Waals surface area contributed by atoms with Crippen LogP contribution < -0.4 is 4.74 Å². The summed E-state index contributed by atoms with van der Waals surface area (Å²) in [6.07, 6.45) is 3.12. The maximum atomic E-state index is 13.5. The van der Waals surface area contributed by atoms with Gasteiger partial charge in [0.1, 0.15) is 41.7 Å². The largest absolute Gasteiger partial charge is 0.487 e. The molecule has 0 radical (unpaired) electrons. The average Bonchev–Trinajstić information content (AvgIpc) is 2.89. The number of hydrogen-bond donors (Lipinski definition) is 2. The summed E-state index contributed by atoms with van der Waals surface area (Å²) in [5, 5.41) is 22.1. The van der Waals surface area contributed by atoms with E-state index in [1.54, 1.807) is 6.07 Å². The van der Waals surface area contributed by atoms with E-state index in [0.29, 0.717) is 55.6 Å². The molecule has 2 heterocycles. The van der Waals surface area contributed by atoms with E-state index in [9.17, 15) is 19.0 Å². The lowest BCUT2D eigenvalue weighted by atomic mass is 9.97. The quantitative estimate of drug-likeness (QED) is 0.492. The Balaban J connectivity index is 1.44. The van der Waals surface area contributed by atoms with E-state index in [1.165, 1.54) is 24.3 Å². The highest BCUT2D eigenvalue weighted by Gasteiger charge is 2.31. The van der Waals surface area contributed by atoms with Crippen molar-refractivity contribution in [3.05, 3.63) is 102 Å². The first-order valence-corrected chi connectivity index (χ1v) is 12.3. The SMILES string of the molecule is C=CC1=C(C=CF)CCC(C(O)CN(Cc2ccccc2)CC(O)C2CCc3cc(F)ccc3O2)O1. The molecule has 7 heteroatoms. The van der Waals surface area contributed by atoms with Gasteiger partial charge in [0, 0.05) is 19.6 Å². The van der Waals surface area contributed by atoms with Gasteiger partial charge in [-0.3, -0.25) is 4.90 Å². The number of aliphatic hydroxyl groups excluding tert-OH is 2. The van der Waals surface area contributed by atoms with Crippen molar-refractivity contribution in [2.24, 2.45) is 0 Å².